The van der Waals surface area contributed by atoms with Gasteiger partial charge in [-0.15, -0.1) is 0 Å². The molecule has 1 aliphatic rings. The molecule has 0 aliphatic carbocycles. The van der Waals surface area contributed by atoms with Crippen LogP contribution in [-0.4, -0.2) is 50.8 Å². The Bertz CT molecular complexity index is 661. The van der Waals surface area contributed by atoms with Crippen molar-refractivity contribution < 1.29 is 12.8 Å². The van der Waals surface area contributed by atoms with Gasteiger partial charge in [-0.05, 0) is 45.1 Å². The molecule has 1 saturated heterocycles. The number of likely N-dealkylation sites (tertiary alicyclic amines) is 1. The zero-order valence-corrected chi connectivity index (χ0v) is 12.9. The summed E-state index contributed by atoms with van der Waals surface area (Å²) in [5.41, 5.74) is -0.419. The number of hydrogen-bond acceptors (Lipinski definition) is 4. The summed E-state index contributed by atoms with van der Waals surface area (Å²) in [5, 5.41) is 9.01. The topological polar surface area (TPSA) is 64.4 Å². The lowest BCUT2D eigenvalue weighted by Gasteiger charge is -2.34. The van der Waals surface area contributed by atoms with Gasteiger partial charge in [-0.1, -0.05) is 6.07 Å². The molecule has 114 valence electrons. The normalized spacial score (nSPS) is 17.9. The maximum absolute atomic E-state index is 13.6. The van der Waals surface area contributed by atoms with E-state index in [1.165, 1.54) is 23.5 Å². The van der Waals surface area contributed by atoms with Gasteiger partial charge in [0.25, 0.3) is 0 Å². The Labute approximate surface area is 124 Å². The van der Waals surface area contributed by atoms with Gasteiger partial charge in [0.1, 0.15) is 22.3 Å². The van der Waals surface area contributed by atoms with Crippen LogP contribution < -0.4 is 0 Å². The van der Waals surface area contributed by atoms with E-state index in [0.717, 1.165) is 32.0 Å². The molecular formula is C14H18FN3O2S. The van der Waals surface area contributed by atoms with Gasteiger partial charge in [-0.3, -0.25) is 0 Å². The van der Waals surface area contributed by atoms with Gasteiger partial charge in [0.15, 0.2) is 0 Å². The van der Waals surface area contributed by atoms with Crippen molar-refractivity contribution in [2.24, 2.45) is 0 Å². The monoisotopic (exact) mass is 311 g/mol. The average Bonchev–Trinajstić information content (AvgIpc) is 2.47. The fourth-order valence-electron chi connectivity index (χ4n) is 2.54. The minimum atomic E-state index is -3.87. The summed E-state index contributed by atoms with van der Waals surface area (Å²) >= 11 is 0. The van der Waals surface area contributed by atoms with E-state index in [-0.39, 0.29) is 10.9 Å². The van der Waals surface area contributed by atoms with Gasteiger partial charge >= 0.3 is 0 Å². The molecule has 0 spiro atoms. The van der Waals surface area contributed by atoms with Crippen molar-refractivity contribution in [3.63, 3.8) is 0 Å². The number of piperidine rings is 1. The fourth-order valence-corrected chi connectivity index (χ4v) is 4.10. The quantitative estimate of drug-likeness (QED) is 0.847. The molecule has 1 aromatic rings. The maximum Gasteiger partial charge on any atom is 0.244 e. The number of nitrogens with zero attached hydrogens (tertiary/aromatic N) is 3. The molecule has 7 heteroatoms. The molecule has 21 heavy (non-hydrogen) atoms. The van der Waals surface area contributed by atoms with Crippen LogP contribution in [0.2, 0.25) is 0 Å². The van der Waals surface area contributed by atoms with Crippen molar-refractivity contribution in [1.29, 1.82) is 5.26 Å². The molecule has 1 aliphatic heterocycles. The Morgan fingerprint density at radius 2 is 2.00 bits per heavy atom. The summed E-state index contributed by atoms with van der Waals surface area (Å²) in [5.74, 6) is -0.810. The minimum absolute atomic E-state index is 0.124. The molecule has 0 bridgehead atoms. The molecule has 0 unspecified atom stereocenters. The molecule has 1 fully saturated rings. The van der Waals surface area contributed by atoms with Crippen LogP contribution in [0.5, 0.6) is 0 Å². The predicted molar refractivity (Wildman–Crippen MR) is 76.6 cm³/mol. The number of hydrogen-bond donors (Lipinski definition) is 0. The molecule has 5 nitrogen and oxygen atoms in total. The number of sulfonamides is 1. The number of benzene rings is 1. The third-order valence-corrected chi connectivity index (χ3v) is 5.90. The van der Waals surface area contributed by atoms with E-state index >= 15 is 0 Å². The van der Waals surface area contributed by atoms with E-state index in [1.54, 1.807) is 6.07 Å². The van der Waals surface area contributed by atoms with Crippen LogP contribution in [0, 0.1) is 17.1 Å². The molecule has 1 aromatic carbocycles. The van der Waals surface area contributed by atoms with Crippen LogP contribution >= 0.6 is 0 Å². The summed E-state index contributed by atoms with van der Waals surface area (Å²) in [7, 11) is -0.380. The lowest BCUT2D eigenvalue weighted by atomic mass is 10.1. The summed E-state index contributed by atoms with van der Waals surface area (Å²) in [4.78, 5) is 1.88. The summed E-state index contributed by atoms with van der Waals surface area (Å²) in [6.45, 7) is 1.64. The SMILES string of the molecule is CN1CCC(N(C)S(=O)(=O)c2cccc(F)c2C#N)CC1. The van der Waals surface area contributed by atoms with Crippen molar-refractivity contribution in [3.8, 4) is 6.07 Å². The molecule has 0 N–H and O–H groups in total. The molecule has 1 heterocycles. The Morgan fingerprint density at radius 1 is 1.38 bits per heavy atom. The van der Waals surface area contributed by atoms with Crippen LogP contribution in [0.3, 0.4) is 0 Å². The molecule has 0 saturated carbocycles. The molecule has 2 rings (SSSR count). The van der Waals surface area contributed by atoms with Gasteiger partial charge in [0, 0.05) is 13.1 Å². The van der Waals surface area contributed by atoms with E-state index in [2.05, 4.69) is 4.90 Å². The van der Waals surface area contributed by atoms with E-state index in [0.29, 0.717) is 0 Å². The molecule has 0 amide bonds. The van der Waals surface area contributed by atoms with Crippen LogP contribution in [0.25, 0.3) is 0 Å². The van der Waals surface area contributed by atoms with E-state index in [4.69, 9.17) is 5.26 Å². The van der Waals surface area contributed by atoms with Crippen LogP contribution in [-0.2, 0) is 10.0 Å². The third kappa shape index (κ3) is 3.07. The Kier molecular flexibility index (Phi) is 4.61. The standard InChI is InChI=1S/C14H18FN3O2S/c1-17-8-6-11(7-9-17)18(2)21(19,20)14-5-3-4-13(15)12(14)10-16/h3-5,11H,6-9H2,1-2H3. The van der Waals surface area contributed by atoms with Crippen molar-refractivity contribution in [2.45, 2.75) is 23.8 Å². The fraction of sp³-hybridized carbons (Fsp3) is 0.500. The highest BCUT2D eigenvalue weighted by molar-refractivity contribution is 7.89. The second-order valence-corrected chi connectivity index (χ2v) is 7.25. The lowest BCUT2D eigenvalue weighted by Crippen LogP contribution is -2.44. The molecule has 0 radical (unpaired) electrons. The van der Waals surface area contributed by atoms with Crippen molar-refractivity contribution in [1.82, 2.24) is 9.21 Å². The van der Waals surface area contributed by atoms with Crippen molar-refractivity contribution >= 4 is 10.0 Å². The predicted octanol–water partition coefficient (Wildman–Crippen LogP) is 1.41. The van der Waals surface area contributed by atoms with Crippen LogP contribution in [0.4, 0.5) is 4.39 Å². The zero-order valence-electron chi connectivity index (χ0n) is 12.1. The van der Waals surface area contributed by atoms with E-state index < -0.39 is 21.4 Å². The van der Waals surface area contributed by atoms with Gasteiger partial charge in [0.2, 0.25) is 10.0 Å². The Hall–Kier alpha value is -1.49. The summed E-state index contributed by atoms with van der Waals surface area (Å²) < 4.78 is 40.2. The van der Waals surface area contributed by atoms with Crippen molar-refractivity contribution in [2.75, 3.05) is 27.2 Å². The molecule has 0 atom stereocenters. The molecule has 0 aromatic heterocycles. The third-order valence-electron chi connectivity index (χ3n) is 3.95. The number of nitriles is 1. The van der Waals surface area contributed by atoms with Gasteiger partial charge < -0.3 is 4.90 Å². The smallest absolute Gasteiger partial charge is 0.244 e. The van der Waals surface area contributed by atoms with E-state index in [9.17, 15) is 12.8 Å². The largest absolute Gasteiger partial charge is 0.306 e. The number of rotatable bonds is 3. The van der Waals surface area contributed by atoms with Gasteiger partial charge in [-0.25, -0.2) is 12.8 Å². The second-order valence-electron chi connectivity index (χ2n) is 5.28. The Morgan fingerprint density at radius 3 is 2.57 bits per heavy atom. The second kappa shape index (κ2) is 6.10. The number of halogens is 1. The highest BCUT2D eigenvalue weighted by Crippen LogP contribution is 2.25. The maximum atomic E-state index is 13.6. The van der Waals surface area contributed by atoms with Crippen molar-refractivity contribution in [3.05, 3.63) is 29.6 Å². The first-order valence-electron chi connectivity index (χ1n) is 6.73. The molecular weight excluding hydrogens is 293 g/mol. The summed E-state index contributed by atoms with van der Waals surface area (Å²) in [6, 6.07) is 5.20. The average molecular weight is 311 g/mol. The first-order valence-corrected chi connectivity index (χ1v) is 8.17. The first kappa shape index (κ1) is 15.9. The minimum Gasteiger partial charge on any atom is -0.306 e. The lowest BCUT2D eigenvalue weighted by molar-refractivity contribution is 0.197. The van der Waals surface area contributed by atoms with E-state index in [1.807, 2.05) is 7.05 Å². The zero-order chi connectivity index (χ0) is 15.6. The highest BCUT2D eigenvalue weighted by atomic mass is 32.2. The van der Waals surface area contributed by atoms with Crippen LogP contribution in [0.15, 0.2) is 23.1 Å². The van der Waals surface area contributed by atoms with Crippen LogP contribution in [0.1, 0.15) is 18.4 Å². The van der Waals surface area contributed by atoms with Gasteiger partial charge in [-0.2, -0.15) is 9.57 Å². The first-order chi connectivity index (χ1) is 9.87. The Balaban J connectivity index is 2.34. The highest BCUT2D eigenvalue weighted by Gasteiger charge is 2.32. The summed E-state index contributed by atoms with van der Waals surface area (Å²) in [6.07, 6.45) is 1.45. The van der Waals surface area contributed by atoms with Gasteiger partial charge in [0.05, 0.1) is 0 Å².